The van der Waals surface area contributed by atoms with Gasteiger partial charge in [-0.05, 0) is 55.9 Å². The molecule has 1 amide bonds. The Morgan fingerprint density at radius 1 is 1.26 bits per heavy atom. The van der Waals surface area contributed by atoms with Gasteiger partial charge in [-0.1, -0.05) is 0 Å². The fourth-order valence-electron chi connectivity index (χ4n) is 5.73. The van der Waals surface area contributed by atoms with Crippen molar-refractivity contribution in [2.24, 2.45) is 23.5 Å². The molecule has 4 fully saturated rings. The van der Waals surface area contributed by atoms with Crippen LogP contribution in [0.4, 0.5) is 5.69 Å². The molecule has 2 aromatic rings. The number of rotatable bonds is 3. The van der Waals surface area contributed by atoms with Crippen molar-refractivity contribution in [1.29, 1.82) is 0 Å². The van der Waals surface area contributed by atoms with Gasteiger partial charge >= 0.3 is 0 Å². The lowest BCUT2D eigenvalue weighted by molar-refractivity contribution is -0.129. The van der Waals surface area contributed by atoms with Gasteiger partial charge in [-0.3, -0.25) is 4.79 Å². The van der Waals surface area contributed by atoms with Gasteiger partial charge in [0.1, 0.15) is 5.65 Å². The Kier molecular flexibility index (Phi) is 5.91. The van der Waals surface area contributed by atoms with Crippen molar-refractivity contribution >= 4 is 39.6 Å². The Morgan fingerprint density at radius 3 is 2.52 bits per heavy atom. The summed E-state index contributed by atoms with van der Waals surface area (Å²) >= 11 is 0. The maximum atomic E-state index is 11.9. The van der Waals surface area contributed by atoms with Crippen LogP contribution in [0.1, 0.15) is 42.5 Å². The molecule has 4 aliphatic rings. The second kappa shape index (κ2) is 7.38. The number of hydrogen-bond acceptors (Lipinski definition) is 4. The maximum absolute atomic E-state index is 11.9. The van der Waals surface area contributed by atoms with E-state index in [1.165, 1.54) is 12.8 Å². The molecule has 0 saturated heterocycles. The van der Waals surface area contributed by atoms with Crippen LogP contribution in [0, 0.1) is 17.8 Å². The van der Waals surface area contributed by atoms with E-state index < -0.39 is 11.5 Å². The van der Waals surface area contributed by atoms with Gasteiger partial charge in [-0.25, -0.2) is 4.98 Å². The molecule has 0 aromatic carbocycles. The number of amides is 1. The Bertz CT molecular complexity index is 826. The van der Waals surface area contributed by atoms with E-state index in [1.54, 1.807) is 6.20 Å². The highest BCUT2D eigenvalue weighted by molar-refractivity contribution is 8.93. The second-order valence-corrected chi connectivity index (χ2v) is 8.02. The van der Waals surface area contributed by atoms with Crippen LogP contribution < -0.4 is 11.1 Å². The molecule has 8 nitrogen and oxygen atoms in total. The van der Waals surface area contributed by atoms with Gasteiger partial charge in [-0.2, -0.15) is 0 Å². The SMILES string of the molecule is Br.NC(=O)c1cnc2[nH]ccc2c1N[C@@H]1[C@@H]2C[C@@H]3C[C@H]1C[C@@](O)(C3)C2.O.O. The van der Waals surface area contributed by atoms with Gasteiger partial charge in [0.2, 0.25) is 0 Å². The number of aliphatic hydroxyl groups is 1. The molecule has 2 heterocycles. The monoisotopic (exact) mass is 442 g/mol. The number of H-pyrrole nitrogens is 1. The third-order valence-electron chi connectivity index (χ3n) is 6.40. The molecule has 5 atom stereocenters. The van der Waals surface area contributed by atoms with Crippen LogP contribution >= 0.6 is 17.0 Å². The van der Waals surface area contributed by atoms with Gasteiger partial charge < -0.3 is 32.1 Å². The predicted octanol–water partition coefficient (Wildman–Crippen LogP) is 0.942. The second-order valence-electron chi connectivity index (χ2n) is 8.02. The lowest BCUT2D eigenvalue weighted by Crippen LogP contribution is -2.59. The Labute approximate surface area is 167 Å². The number of aromatic nitrogens is 2. The van der Waals surface area contributed by atoms with E-state index in [1.807, 2.05) is 12.3 Å². The molecule has 9 heteroatoms. The number of aromatic amines is 1. The van der Waals surface area contributed by atoms with Crippen LogP contribution in [-0.4, -0.2) is 43.6 Å². The summed E-state index contributed by atoms with van der Waals surface area (Å²) in [4.78, 5) is 19.3. The van der Waals surface area contributed by atoms with Crippen LogP contribution in [0.5, 0.6) is 0 Å². The van der Waals surface area contributed by atoms with Crippen molar-refractivity contribution in [3.8, 4) is 0 Å². The van der Waals surface area contributed by atoms with Gasteiger partial charge in [0.05, 0.1) is 16.9 Å². The third kappa shape index (κ3) is 3.33. The van der Waals surface area contributed by atoms with Crippen molar-refractivity contribution in [1.82, 2.24) is 9.97 Å². The van der Waals surface area contributed by atoms with Crippen LogP contribution in [0.2, 0.25) is 0 Å². The molecule has 0 radical (unpaired) electrons. The minimum absolute atomic E-state index is 0. The number of nitrogens with two attached hydrogens (primary N) is 1. The van der Waals surface area contributed by atoms with Crippen LogP contribution in [0.3, 0.4) is 0 Å². The van der Waals surface area contributed by atoms with E-state index in [9.17, 15) is 9.90 Å². The molecular weight excluding hydrogens is 416 g/mol. The molecule has 4 bridgehead atoms. The number of fused-ring (bicyclic) bond motifs is 1. The topological polar surface area (TPSA) is 167 Å². The molecule has 0 aliphatic heterocycles. The van der Waals surface area contributed by atoms with Crippen molar-refractivity contribution in [3.05, 3.63) is 24.0 Å². The first-order valence-electron chi connectivity index (χ1n) is 8.77. The first-order valence-corrected chi connectivity index (χ1v) is 8.77. The highest BCUT2D eigenvalue weighted by Gasteiger charge is 2.54. The van der Waals surface area contributed by atoms with Crippen LogP contribution in [-0.2, 0) is 0 Å². The highest BCUT2D eigenvalue weighted by Crippen LogP contribution is 2.56. The van der Waals surface area contributed by atoms with Crippen molar-refractivity contribution in [2.45, 2.75) is 43.7 Å². The molecule has 0 unspecified atom stereocenters. The number of halogens is 1. The van der Waals surface area contributed by atoms with Crippen LogP contribution in [0.15, 0.2) is 18.5 Å². The summed E-state index contributed by atoms with van der Waals surface area (Å²) in [5.74, 6) is 1.12. The van der Waals surface area contributed by atoms with Gasteiger partial charge in [-0.15, -0.1) is 17.0 Å². The summed E-state index contributed by atoms with van der Waals surface area (Å²) in [6, 6.07) is 2.22. The zero-order chi connectivity index (χ0) is 16.5. The van der Waals surface area contributed by atoms with E-state index in [2.05, 4.69) is 15.3 Å². The van der Waals surface area contributed by atoms with E-state index in [-0.39, 0.29) is 27.9 Å². The fraction of sp³-hybridized carbons (Fsp3) is 0.556. The largest absolute Gasteiger partial charge is 0.412 e. The first kappa shape index (κ1) is 21.6. The minimum atomic E-state index is -0.462. The number of anilines is 1. The zero-order valence-corrected chi connectivity index (χ0v) is 16.6. The molecule has 4 saturated carbocycles. The van der Waals surface area contributed by atoms with E-state index in [0.29, 0.717) is 29.4 Å². The highest BCUT2D eigenvalue weighted by atomic mass is 79.9. The first-order chi connectivity index (χ1) is 11.5. The summed E-state index contributed by atoms with van der Waals surface area (Å²) in [7, 11) is 0. The predicted molar refractivity (Wildman–Crippen MR) is 108 cm³/mol. The third-order valence-corrected chi connectivity index (χ3v) is 6.40. The summed E-state index contributed by atoms with van der Waals surface area (Å²) in [6.45, 7) is 0. The van der Waals surface area contributed by atoms with E-state index >= 15 is 0 Å². The van der Waals surface area contributed by atoms with E-state index in [4.69, 9.17) is 5.73 Å². The average Bonchev–Trinajstić information content (AvgIpc) is 2.97. The minimum Gasteiger partial charge on any atom is -0.412 e. The smallest absolute Gasteiger partial charge is 0.252 e. The maximum Gasteiger partial charge on any atom is 0.252 e. The normalized spacial score (nSPS) is 32.9. The molecule has 2 aromatic heterocycles. The molecule has 6 rings (SSSR count). The summed E-state index contributed by atoms with van der Waals surface area (Å²) in [5, 5.41) is 15.3. The quantitative estimate of drug-likeness (QED) is 0.554. The van der Waals surface area contributed by atoms with Crippen molar-refractivity contribution < 1.29 is 20.9 Å². The zero-order valence-electron chi connectivity index (χ0n) is 14.9. The number of nitrogens with zero attached hydrogens (tertiary/aromatic N) is 1. The lowest BCUT2D eigenvalue weighted by Gasteiger charge is -2.58. The summed E-state index contributed by atoms with van der Waals surface area (Å²) < 4.78 is 0. The molecule has 9 N–H and O–H groups in total. The standard InChI is InChI=1S/C18H22N4O2.BrH.2H2O/c19-16(23)13-8-21-17-12(1-2-20-17)15(13)22-14-10-3-9-4-11(14)7-18(24,5-9)6-10;;;/h1-2,8-11,14,24H,3-7H2,(H2,19,23)(H2,20,21,22);1H;2*1H2/t9-,10-,11+,14-,18-;;;. The number of primary amides is 1. The number of pyridine rings is 1. The lowest BCUT2D eigenvalue weighted by atomic mass is 9.52. The van der Waals surface area contributed by atoms with Gasteiger partial charge in [0.15, 0.2) is 0 Å². The molecular formula is C18H27BrN4O4. The fourth-order valence-corrected chi connectivity index (χ4v) is 5.73. The van der Waals surface area contributed by atoms with Crippen molar-refractivity contribution in [2.75, 3.05) is 5.32 Å². The summed E-state index contributed by atoms with van der Waals surface area (Å²) in [6.07, 6.45) is 8.42. The van der Waals surface area contributed by atoms with E-state index in [0.717, 1.165) is 36.0 Å². The number of hydrogen-bond donors (Lipinski definition) is 4. The molecule has 0 spiro atoms. The van der Waals surface area contributed by atoms with Crippen molar-refractivity contribution in [3.63, 3.8) is 0 Å². The van der Waals surface area contributed by atoms with Gasteiger partial charge in [0.25, 0.3) is 5.91 Å². The Morgan fingerprint density at radius 2 is 1.93 bits per heavy atom. The summed E-state index contributed by atoms with van der Waals surface area (Å²) in [5.41, 5.74) is 7.10. The number of carbonyl (C=O) groups excluding carboxylic acids is 1. The Hall–Kier alpha value is -1.68. The molecule has 27 heavy (non-hydrogen) atoms. The van der Waals surface area contributed by atoms with Crippen LogP contribution in [0.25, 0.3) is 11.0 Å². The number of nitrogens with one attached hydrogen (secondary N) is 2. The molecule has 4 aliphatic carbocycles. The molecule has 150 valence electrons. The van der Waals surface area contributed by atoms with Gasteiger partial charge in [0, 0.05) is 23.8 Å². The number of carbonyl (C=O) groups is 1. The Balaban J connectivity index is 0.000000871. The average molecular weight is 443 g/mol.